The first-order valence-electron chi connectivity index (χ1n) is 16.8. The number of allylic oxidation sites excluding steroid dienone is 10. The van der Waals surface area contributed by atoms with E-state index in [-0.39, 0.29) is 5.92 Å². The summed E-state index contributed by atoms with van der Waals surface area (Å²) in [4.78, 5) is 2.35. The second-order valence-electron chi connectivity index (χ2n) is 13.0. The zero-order chi connectivity index (χ0) is 31.6. The van der Waals surface area contributed by atoms with Crippen molar-refractivity contribution in [3.63, 3.8) is 0 Å². The first kappa shape index (κ1) is 27.1. The summed E-state index contributed by atoms with van der Waals surface area (Å²) in [5.41, 5.74) is 16.0. The summed E-state index contributed by atoms with van der Waals surface area (Å²) in [6, 6.07) is 47.7. The van der Waals surface area contributed by atoms with Gasteiger partial charge in [0.05, 0.1) is 5.69 Å². The van der Waals surface area contributed by atoms with E-state index in [9.17, 15) is 0 Å². The highest BCUT2D eigenvalue weighted by atomic mass is 15.1. The van der Waals surface area contributed by atoms with Gasteiger partial charge in [0.15, 0.2) is 0 Å². The van der Waals surface area contributed by atoms with Crippen molar-refractivity contribution in [2.75, 3.05) is 4.90 Å². The molecule has 6 aromatic rings. The van der Waals surface area contributed by atoms with Crippen molar-refractivity contribution in [1.82, 2.24) is 0 Å². The molecule has 0 fully saturated rings. The maximum Gasteiger partial charge on any atom is 0.0980 e. The lowest BCUT2D eigenvalue weighted by Gasteiger charge is -2.30. The Bertz CT molecular complexity index is 2450. The second-order valence-corrected chi connectivity index (χ2v) is 13.0. The molecule has 0 amide bonds. The topological polar surface area (TPSA) is 3.24 Å². The molecule has 6 bridgehead atoms. The molecule has 4 aliphatic carbocycles. The average Bonchev–Trinajstić information content (AvgIpc) is 3.49. The first-order chi connectivity index (χ1) is 23.8. The Hall–Kier alpha value is -6.10. The molecule has 2 unspecified atom stereocenters. The summed E-state index contributed by atoms with van der Waals surface area (Å²) in [6.07, 6.45) is 21.1. The Morgan fingerprint density at radius 3 is 2.35 bits per heavy atom. The van der Waals surface area contributed by atoms with Crippen LogP contribution in [-0.4, -0.2) is 0 Å². The monoisotopic (exact) mass is 609 g/mol. The Morgan fingerprint density at radius 2 is 1.40 bits per heavy atom. The van der Waals surface area contributed by atoms with E-state index >= 15 is 0 Å². The first-order valence-corrected chi connectivity index (χ1v) is 16.8. The maximum absolute atomic E-state index is 3.75. The van der Waals surface area contributed by atoms with Gasteiger partial charge in [-0.3, -0.25) is 0 Å². The van der Waals surface area contributed by atoms with E-state index < -0.39 is 0 Å². The summed E-state index contributed by atoms with van der Waals surface area (Å²) in [7, 11) is 0. The van der Waals surface area contributed by atoms with Crippen molar-refractivity contribution in [2.24, 2.45) is 0 Å². The molecular formula is C47H31N. The number of benzene rings is 5. The van der Waals surface area contributed by atoms with Gasteiger partial charge in [-0.15, -0.1) is 0 Å². The molecule has 1 heteroatoms. The predicted molar refractivity (Wildman–Crippen MR) is 201 cm³/mol. The minimum absolute atomic E-state index is 0.289. The SMILES string of the molecule is c1c(N(c2cccc(C3=CCC=CC=C3)c2)c2ccc3ccccc3c2)cc2c(c#1)-c1cccc3c1C1C=CC=CC1c1cccc-3c1-2. The number of hydrogen-bond acceptors (Lipinski definition) is 1. The van der Waals surface area contributed by atoms with E-state index in [1.165, 1.54) is 60.9 Å². The third-order valence-electron chi connectivity index (χ3n) is 10.4. The molecule has 4 aliphatic rings. The van der Waals surface area contributed by atoms with E-state index in [1.807, 2.05) is 0 Å². The van der Waals surface area contributed by atoms with Gasteiger partial charge in [0.2, 0.25) is 0 Å². The van der Waals surface area contributed by atoms with Crippen LogP contribution in [0.4, 0.5) is 17.1 Å². The number of anilines is 3. The fourth-order valence-corrected chi connectivity index (χ4v) is 8.26. The van der Waals surface area contributed by atoms with Crippen LogP contribution < -0.4 is 4.90 Å². The van der Waals surface area contributed by atoms with Crippen LogP contribution in [0.2, 0.25) is 0 Å². The molecule has 0 heterocycles. The lowest BCUT2D eigenvalue weighted by molar-refractivity contribution is 0.738. The van der Waals surface area contributed by atoms with Crippen LogP contribution in [0.3, 0.4) is 0 Å². The van der Waals surface area contributed by atoms with Gasteiger partial charge in [0.25, 0.3) is 0 Å². The van der Waals surface area contributed by atoms with E-state index in [0.29, 0.717) is 5.92 Å². The van der Waals surface area contributed by atoms with Crippen LogP contribution in [0.5, 0.6) is 0 Å². The molecule has 1 nitrogen and oxygen atoms in total. The highest BCUT2D eigenvalue weighted by Crippen LogP contribution is 2.57. The van der Waals surface area contributed by atoms with Gasteiger partial charge in [-0.05, 0) is 98.1 Å². The van der Waals surface area contributed by atoms with E-state index in [1.54, 1.807) is 0 Å². The molecule has 0 saturated heterocycles. The van der Waals surface area contributed by atoms with Crippen molar-refractivity contribution in [3.8, 4) is 33.4 Å². The fourth-order valence-electron chi connectivity index (χ4n) is 8.26. The van der Waals surface area contributed by atoms with Gasteiger partial charge >= 0.3 is 0 Å². The van der Waals surface area contributed by atoms with Crippen molar-refractivity contribution < 1.29 is 0 Å². The van der Waals surface area contributed by atoms with Crippen molar-refractivity contribution in [1.29, 1.82) is 0 Å². The lowest BCUT2D eigenvalue weighted by atomic mass is 9.74. The highest BCUT2D eigenvalue weighted by Gasteiger charge is 2.37. The normalized spacial score (nSPS) is 17.5. The van der Waals surface area contributed by atoms with Gasteiger partial charge in [-0.1, -0.05) is 140 Å². The molecule has 0 aromatic heterocycles. The molecule has 6 aromatic carbocycles. The van der Waals surface area contributed by atoms with Crippen LogP contribution in [0, 0.1) is 12.1 Å². The largest absolute Gasteiger partial charge is 0.303 e. The van der Waals surface area contributed by atoms with Gasteiger partial charge < -0.3 is 4.90 Å². The second kappa shape index (κ2) is 10.7. The summed E-state index contributed by atoms with van der Waals surface area (Å²) in [5.74, 6) is 0.581. The summed E-state index contributed by atoms with van der Waals surface area (Å²) in [5, 5.41) is 2.44. The smallest absolute Gasteiger partial charge is 0.0980 e. The molecule has 48 heavy (non-hydrogen) atoms. The predicted octanol–water partition coefficient (Wildman–Crippen LogP) is 12.4. The standard InChI is InChI=1S/C47H31N/c1-2-4-13-31(12-3-1)34-16-9-17-35(28-34)48(36-25-24-32-14-5-6-15-33(32)29-36)37-26-27-39-42-21-11-22-43-44-23-10-20-41(47(44)45(39)30-37)38-18-7-8-19-40(38)46(42)43/h1-3,5-25,28-30,38,40H,4H2. The van der Waals surface area contributed by atoms with E-state index in [2.05, 4.69) is 181 Å². The number of nitrogens with zero attached hydrogens (tertiary/aromatic N) is 1. The van der Waals surface area contributed by atoms with Crippen LogP contribution >= 0.6 is 0 Å². The van der Waals surface area contributed by atoms with Gasteiger partial charge in [-0.25, -0.2) is 0 Å². The molecule has 0 aliphatic heterocycles. The molecule has 0 radical (unpaired) electrons. The molecule has 10 rings (SSSR count). The van der Waals surface area contributed by atoms with Crippen LogP contribution in [0.1, 0.15) is 34.9 Å². The van der Waals surface area contributed by atoms with Crippen LogP contribution in [0.15, 0.2) is 164 Å². The van der Waals surface area contributed by atoms with Crippen LogP contribution in [0.25, 0.3) is 49.7 Å². The van der Waals surface area contributed by atoms with E-state index in [4.69, 9.17) is 0 Å². The molecule has 0 saturated carbocycles. The average molecular weight is 610 g/mol. The molecule has 2 atom stereocenters. The minimum Gasteiger partial charge on any atom is -0.303 e. The third-order valence-corrected chi connectivity index (χ3v) is 10.4. The Kier molecular flexibility index (Phi) is 6.05. The Labute approximate surface area is 281 Å². The Morgan fingerprint density at radius 1 is 0.583 bits per heavy atom. The Balaban J connectivity index is 1.22. The zero-order valence-electron chi connectivity index (χ0n) is 26.4. The maximum atomic E-state index is 3.75. The van der Waals surface area contributed by atoms with Crippen molar-refractivity contribution in [2.45, 2.75) is 18.3 Å². The number of hydrogen-bond donors (Lipinski definition) is 0. The molecular weight excluding hydrogens is 579 g/mol. The summed E-state index contributed by atoms with van der Waals surface area (Å²) in [6.45, 7) is 0. The zero-order valence-corrected chi connectivity index (χ0v) is 26.4. The molecule has 224 valence electrons. The number of fused-ring (bicyclic) bond motifs is 5. The van der Waals surface area contributed by atoms with Gasteiger partial charge in [-0.2, -0.15) is 0 Å². The van der Waals surface area contributed by atoms with E-state index in [0.717, 1.165) is 29.0 Å². The van der Waals surface area contributed by atoms with Crippen LogP contribution in [-0.2, 0) is 0 Å². The fraction of sp³-hybridized carbons (Fsp3) is 0.0638. The van der Waals surface area contributed by atoms with Crippen molar-refractivity contribution >= 4 is 33.4 Å². The molecule has 0 N–H and O–H groups in total. The number of rotatable bonds is 4. The van der Waals surface area contributed by atoms with Gasteiger partial charge in [0, 0.05) is 34.3 Å². The summed E-state index contributed by atoms with van der Waals surface area (Å²) >= 11 is 0. The van der Waals surface area contributed by atoms with Gasteiger partial charge in [0.1, 0.15) is 0 Å². The molecule has 0 spiro atoms. The third kappa shape index (κ3) is 4.13. The van der Waals surface area contributed by atoms with Crippen molar-refractivity contribution in [3.05, 3.63) is 193 Å². The quantitative estimate of drug-likeness (QED) is 0.192. The minimum atomic E-state index is 0.289. The summed E-state index contributed by atoms with van der Waals surface area (Å²) < 4.78 is 0. The highest BCUT2D eigenvalue weighted by molar-refractivity contribution is 6.02. The lowest BCUT2D eigenvalue weighted by Crippen LogP contribution is -2.13.